The Kier molecular flexibility index (Phi) is 4.04. The summed E-state index contributed by atoms with van der Waals surface area (Å²) in [5.74, 6) is -0.879. The molecule has 0 amide bonds. The van der Waals surface area contributed by atoms with Gasteiger partial charge in [-0.25, -0.2) is 4.79 Å². The van der Waals surface area contributed by atoms with E-state index in [2.05, 4.69) is 0 Å². The van der Waals surface area contributed by atoms with Gasteiger partial charge in [-0.05, 0) is 26.0 Å². The molecule has 16 heavy (non-hydrogen) atoms. The molecule has 0 spiro atoms. The van der Waals surface area contributed by atoms with Crippen LogP contribution in [0.2, 0.25) is 0 Å². The van der Waals surface area contributed by atoms with E-state index in [1.54, 1.807) is 30.3 Å². The SMILES string of the molecule is CC1(C)OC1CO.O=C(O)c1ccccc1. The Morgan fingerprint density at radius 2 is 1.88 bits per heavy atom. The van der Waals surface area contributed by atoms with Crippen molar-refractivity contribution < 1.29 is 19.7 Å². The molecule has 0 aliphatic carbocycles. The van der Waals surface area contributed by atoms with Gasteiger partial charge < -0.3 is 14.9 Å². The highest BCUT2D eigenvalue weighted by molar-refractivity contribution is 5.87. The Morgan fingerprint density at radius 1 is 1.38 bits per heavy atom. The van der Waals surface area contributed by atoms with Gasteiger partial charge in [-0.1, -0.05) is 18.2 Å². The third-order valence-electron chi connectivity index (χ3n) is 2.35. The molecule has 1 unspecified atom stereocenters. The number of aliphatic hydroxyl groups is 1. The maximum atomic E-state index is 10.2. The molecule has 88 valence electrons. The molecule has 0 radical (unpaired) electrons. The average molecular weight is 224 g/mol. The highest BCUT2D eigenvalue weighted by atomic mass is 16.6. The number of hydrogen-bond acceptors (Lipinski definition) is 3. The van der Waals surface area contributed by atoms with E-state index in [1.807, 2.05) is 13.8 Å². The van der Waals surface area contributed by atoms with Crippen molar-refractivity contribution in [3.8, 4) is 0 Å². The minimum atomic E-state index is -0.879. The molecule has 0 saturated carbocycles. The number of hydrogen-bond donors (Lipinski definition) is 2. The molecule has 1 heterocycles. The van der Waals surface area contributed by atoms with Gasteiger partial charge in [-0.2, -0.15) is 0 Å². The van der Waals surface area contributed by atoms with E-state index in [0.717, 1.165) is 0 Å². The molecule has 1 aliphatic heterocycles. The molecule has 1 aromatic rings. The minimum absolute atomic E-state index is 0.0330. The van der Waals surface area contributed by atoms with Crippen LogP contribution >= 0.6 is 0 Å². The molecule has 1 fully saturated rings. The molecule has 1 atom stereocenters. The van der Waals surface area contributed by atoms with Crippen LogP contribution in [0.15, 0.2) is 30.3 Å². The number of carboxylic acid groups (broad SMARTS) is 1. The lowest BCUT2D eigenvalue weighted by atomic mass is 10.1. The molecule has 2 rings (SSSR count). The van der Waals surface area contributed by atoms with Crippen molar-refractivity contribution in [2.45, 2.75) is 25.6 Å². The van der Waals surface area contributed by atoms with Gasteiger partial charge in [0, 0.05) is 0 Å². The number of carbonyl (C=O) groups is 1. The highest BCUT2D eigenvalue weighted by Crippen LogP contribution is 2.34. The minimum Gasteiger partial charge on any atom is -0.478 e. The van der Waals surface area contributed by atoms with E-state index in [4.69, 9.17) is 14.9 Å². The maximum Gasteiger partial charge on any atom is 0.335 e. The molecule has 1 saturated heterocycles. The van der Waals surface area contributed by atoms with Crippen LogP contribution in [0.5, 0.6) is 0 Å². The van der Waals surface area contributed by atoms with Crippen LogP contribution in [0, 0.1) is 0 Å². The average Bonchev–Trinajstić information content (AvgIpc) is 2.89. The van der Waals surface area contributed by atoms with Gasteiger partial charge in [-0.3, -0.25) is 0 Å². The van der Waals surface area contributed by atoms with Crippen LogP contribution in [0.1, 0.15) is 24.2 Å². The lowest BCUT2D eigenvalue weighted by molar-refractivity contribution is 0.0697. The van der Waals surface area contributed by atoms with E-state index in [-0.39, 0.29) is 18.3 Å². The van der Waals surface area contributed by atoms with Crippen molar-refractivity contribution in [1.29, 1.82) is 0 Å². The first-order valence-electron chi connectivity index (χ1n) is 5.04. The van der Waals surface area contributed by atoms with Gasteiger partial charge in [0.2, 0.25) is 0 Å². The standard InChI is InChI=1S/C7H6O2.C5H10O2/c8-7(9)6-4-2-1-3-5-6;1-5(2)4(3-6)7-5/h1-5H,(H,8,9);4,6H,3H2,1-2H3. The van der Waals surface area contributed by atoms with Crippen LogP contribution in [0.25, 0.3) is 0 Å². The smallest absolute Gasteiger partial charge is 0.335 e. The second kappa shape index (κ2) is 5.09. The van der Waals surface area contributed by atoms with Gasteiger partial charge in [-0.15, -0.1) is 0 Å². The molecule has 0 bridgehead atoms. The largest absolute Gasteiger partial charge is 0.478 e. The van der Waals surface area contributed by atoms with Gasteiger partial charge >= 0.3 is 5.97 Å². The summed E-state index contributed by atoms with van der Waals surface area (Å²) >= 11 is 0. The monoisotopic (exact) mass is 224 g/mol. The molecule has 0 aromatic heterocycles. The van der Waals surface area contributed by atoms with Gasteiger partial charge in [0.15, 0.2) is 0 Å². The van der Waals surface area contributed by atoms with E-state index in [1.165, 1.54) is 0 Å². The van der Waals surface area contributed by atoms with Gasteiger partial charge in [0.25, 0.3) is 0 Å². The molecule has 1 aliphatic rings. The lowest BCUT2D eigenvalue weighted by Gasteiger charge is -1.88. The number of carboxylic acids is 1. The lowest BCUT2D eigenvalue weighted by Crippen LogP contribution is -2.05. The first-order chi connectivity index (χ1) is 7.47. The fraction of sp³-hybridized carbons (Fsp3) is 0.417. The Hall–Kier alpha value is -1.39. The van der Waals surface area contributed by atoms with Crippen LogP contribution in [-0.4, -0.2) is 34.5 Å². The fourth-order valence-corrected chi connectivity index (χ4v) is 1.17. The second-order valence-electron chi connectivity index (χ2n) is 4.06. The first-order valence-corrected chi connectivity index (χ1v) is 5.04. The number of rotatable bonds is 2. The number of epoxide rings is 1. The van der Waals surface area contributed by atoms with Gasteiger partial charge in [0.1, 0.15) is 6.10 Å². The third kappa shape index (κ3) is 3.64. The zero-order valence-corrected chi connectivity index (χ0v) is 9.38. The highest BCUT2D eigenvalue weighted by Gasteiger charge is 2.46. The van der Waals surface area contributed by atoms with Crippen molar-refractivity contribution in [1.82, 2.24) is 0 Å². The normalized spacial score (nSPS) is 20.6. The molecule has 2 N–H and O–H groups in total. The quantitative estimate of drug-likeness (QED) is 0.747. The molecular formula is C12H16O4. The summed E-state index contributed by atoms with van der Waals surface area (Å²) < 4.78 is 5.00. The van der Waals surface area contributed by atoms with E-state index < -0.39 is 5.97 Å². The van der Waals surface area contributed by atoms with Crippen LogP contribution < -0.4 is 0 Å². The first kappa shape index (κ1) is 12.7. The van der Waals surface area contributed by atoms with E-state index >= 15 is 0 Å². The number of aliphatic hydroxyl groups excluding tert-OH is 1. The van der Waals surface area contributed by atoms with Gasteiger partial charge in [0.05, 0.1) is 17.8 Å². The predicted molar refractivity (Wildman–Crippen MR) is 59.4 cm³/mol. The van der Waals surface area contributed by atoms with Crippen LogP contribution in [0.3, 0.4) is 0 Å². The van der Waals surface area contributed by atoms with E-state index in [9.17, 15) is 4.79 Å². The zero-order chi connectivity index (χ0) is 12.2. The number of aromatic carboxylic acids is 1. The molecule has 1 aromatic carbocycles. The van der Waals surface area contributed by atoms with Crippen molar-refractivity contribution >= 4 is 5.97 Å². The summed E-state index contributed by atoms with van der Waals surface area (Å²) in [5, 5.41) is 16.8. The summed E-state index contributed by atoms with van der Waals surface area (Å²) in [7, 11) is 0. The van der Waals surface area contributed by atoms with Crippen molar-refractivity contribution in [2.75, 3.05) is 6.61 Å². The Bertz CT molecular complexity index is 345. The zero-order valence-electron chi connectivity index (χ0n) is 9.38. The van der Waals surface area contributed by atoms with Crippen LogP contribution in [0.4, 0.5) is 0 Å². The Labute approximate surface area is 94.5 Å². The summed E-state index contributed by atoms with van der Waals surface area (Å²) in [6.07, 6.45) is 0.104. The topological polar surface area (TPSA) is 70.1 Å². The molecule has 4 heteroatoms. The summed E-state index contributed by atoms with van der Waals surface area (Å²) in [6.45, 7) is 4.09. The fourth-order valence-electron chi connectivity index (χ4n) is 1.17. The van der Waals surface area contributed by atoms with Crippen molar-refractivity contribution in [3.05, 3.63) is 35.9 Å². The summed E-state index contributed by atoms with van der Waals surface area (Å²) in [4.78, 5) is 10.2. The van der Waals surface area contributed by atoms with E-state index in [0.29, 0.717) is 5.56 Å². The number of benzene rings is 1. The molecular weight excluding hydrogens is 208 g/mol. The van der Waals surface area contributed by atoms with Crippen molar-refractivity contribution in [2.24, 2.45) is 0 Å². The Morgan fingerprint density at radius 3 is 2.06 bits per heavy atom. The maximum absolute atomic E-state index is 10.2. The Balaban J connectivity index is 0.000000165. The number of ether oxygens (including phenoxy) is 1. The predicted octanol–water partition coefficient (Wildman–Crippen LogP) is 1.54. The summed E-state index contributed by atoms with van der Waals surface area (Å²) in [5.41, 5.74) is 0.298. The molecule has 4 nitrogen and oxygen atoms in total. The summed E-state index contributed by atoms with van der Waals surface area (Å²) in [6, 6.07) is 8.30. The van der Waals surface area contributed by atoms with Crippen molar-refractivity contribution in [3.63, 3.8) is 0 Å². The second-order valence-corrected chi connectivity index (χ2v) is 4.06. The van der Waals surface area contributed by atoms with Crippen LogP contribution in [-0.2, 0) is 4.74 Å². The third-order valence-corrected chi connectivity index (χ3v) is 2.35.